The Balaban J connectivity index is 2.52. The van der Waals surface area contributed by atoms with Crippen LogP contribution in [0.2, 0.25) is 0 Å². The standard InChI is InChI=1S/C13H13NO2/c1-9-6-10(8-15)2-3-12(9)11-4-5-14-13(16)7-11/h2-7,15H,8H2,1H3,(H,14,16). The highest BCUT2D eigenvalue weighted by molar-refractivity contribution is 5.66. The maximum atomic E-state index is 11.2. The van der Waals surface area contributed by atoms with Crippen LogP contribution in [-0.2, 0) is 6.61 Å². The van der Waals surface area contributed by atoms with Gasteiger partial charge in [0.05, 0.1) is 6.61 Å². The third-order valence-corrected chi connectivity index (χ3v) is 2.56. The number of hydrogen-bond donors (Lipinski definition) is 2. The number of benzene rings is 1. The second-order valence-electron chi connectivity index (χ2n) is 3.75. The zero-order valence-corrected chi connectivity index (χ0v) is 9.03. The third kappa shape index (κ3) is 2.04. The number of pyridine rings is 1. The van der Waals surface area contributed by atoms with Gasteiger partial charge in [-0.1, -0.05) is 18.2 Å². The second-order valence-corrected chi connectivity index (χ2v) is 3.75. The van der Waals surface area contributed by atoms with E-state index in [2.05, 4.69) is 4.98 Å². The summed E-state index contributed by atoms with van der Waals surface area (Å²) in [7, 11) is 0. The highest BCUT2D eigenvalue weighted by atomic mass is 16.3. The van der Waals surface area contributed by atoms with Gasteiger partial charge in [0.25, 0.3) is 0 Å². The summed E-state index contributed by atoms with van der Waals surface area (Å²) in [4.78, 5) is 13.8. The summed E-state index contributed by atoms with van der Waals surface area (Å²) in [6, 6.07) is 9.15. The van der Waals surface area contributed by atoms with Gasteiger partial charge in [-0.05, 0) is 35.2 Å². The van der Waals surface area contributed by atoms with Crippen molar-refractivity contribution in [3.63, 3.8) is 0 Å². The minimum atomic E-state index is -0.108. The quantitative estimate of drug-likeness (QED) is 0.803. The first kappa shape index (κ1) is 10.6. The average Bonchev–Trinajstić information content (AvgIpc) is 2.28. The largest absolute Gasteiger partial charge is 0.392 e. The van der Waals surface area contributed by atoms with Crippen LogP contribution in [0.4, 0.5) is 0 Å². The molecule has 2 rings (SSSR count). The van der Waals surface area contributed by atoms with Gasteiger partial charge in [0, 0.05) is 12.3 Å². The van der Waals surface area contributed by atoms with Crippen molar-refractivity contribution < 1.29 is 5.11 Å². The van der Waals surface area contributed by atoms with Crippen molar-refractivity contribution in [2.45, 2.75) is 13.5 Å². The maximum Gasteiger partial charge on any atom is 0.248 e. The molecule has 0 aliphatic heterocycles. The van der Waals surface area contributed by atoms with E-state index in [0.717, 1.165) is 22.3 Å². The van der Waals surface area contributed by atoms with Crippen molar-refractivity contribution in [1.82, 2.24) is 4.98 Å². The molecule has 2 aromatic rings. The molecule has 0 radical (unpaired) electrons. The van der Waals surface area contributed by atoms with Crippen LogP contribution < -0.4 is 5.56 Å². The number of aliphatic hydroxyl groups excluding tert-OH is 1. The predicted molar refractivity (Wildman–Crippen MR) is 63.2 cm³/mol. The van der Waals surface area contributed by atoms with Crippen molar-refractivity contribution in [3.05, 3.63) is 58.0 Å². The maximum absolute atomic E-state index is 11.2. The van der Waals surface area contributed by atoms with Crippen LogP contribution >= 0.6 is 0 Å². The monoisotopic (exact) mass is 215 g/mol. The van der Waals surface area contributed by atoms with Crippen LogP contribution in [0.5, 0.6) is 0 Å². The van der Waals surface area contributed by atoms with Gasteiger partial charge < -0.3 is 10.1 Å². The van der Waals surface area contributed by atoms with Gasteiger partial charge >= 0.3 is 0 Å². The Hall–Kier alpha value is -1.87. The van der Waals surface area contributed by atoms with Crippen LogP contribution in [0.3, 0.4) is 0 Å². The smallest absolute Gasteiger partial charge is 0.248 e. The van der Waals surface area contributed by atoms with Crippen LogP contribution in [0, 0.1) is 6.92 Å². The molecule has 0 spiro atoms. The number of H-pyrrole nitrogens is 1. The Morgan fingerprint density at radius 3 is 2.69 bits per heavy atom. The molecule has 0 aliphatic rings. The van der Waals surface area contributed by atoms with Gasteiger partial charge in [0.15, 0.2) is 0 Å². The molecule has 0 unspecified atom stereocenters. The molecule has 1 heterocycles. The zero-order chi connectivity index (χ0) is 11.5. The van der Waals surface area contributed by atoms with Crippen molar-refractivity contribution in [2.24, 2.45) is 0 Å². The molecule has 0 fully saturated rings. The Kier molecular flexibility index (Phi) is 2.88. The van der Waals surface area contributed by atoms with E-state index in [9.17, 15) is 4.79 Å². The van der Waals surface area contributed by atoms with E-state index in [0.29, 0.717) is 0 Å². The summed E-state index contributed by atoms with van der Waals surface area (Å²) in [6.07, 6.45) is 1.64. The van der Waals surface area contributed by atoms with Crippen LogP contribution in [-0.4, -0.2) is 10.1 Å². The van der Waals surface area contributed by atoms with E-state index >= 15 is 0 Å². The van der Waals surface area contributed by atoms with Crippen LogP contribution in [0.1, 0.15) is 11.1 Å². The van der Waals surface area contributed by atoms with Gasteiger partial charge in [-0.25, -0.2) is 0 Å². The minimum absolute atomic E-state index is 0.0382. The summed E-state index contributed by atoms with van der Waals surface area (Å²) in [5, 5.41) is 9.01. The van der Waals surface area contributed by atoms with E-state index in [-0.39, 0.29) is 12.2 Å². The fourth-order valence-electron chi connectivity index (χ4n) is 1.76. The summed E-state index contributed by atoms with van der Waals surface area (Å²) >= 11 is 0. The van der Waals surface area contributed by atoms with Gasteiger partial charge in [0.1, 0.15) is 0 Å². The minimum Gasteiger partial charge on any atom is -0.392 e. The molecule has 0 saturated heterocycles. The molecular weight excluding hydrogens is 202 g/mol. The van der Waals surface area contributed by atoms with Gasteiger partial charge in [-0.15, -0.1) is 0 Å². The topological polar surface area (TPSA) is 53.1 Å². The van der Waals surface area contributed by atoms with E-state index in [1.165, 1.54) is 0 Å². The number of rotatable bonds is 2. The number of aliphatic hydroxyl groups is 1. The molecule has 0 atom stereocenters. The lowest BCUT2D eigenvalue weighted by molar-refractivity contribution is 0.282. The number of aromatic amines is 1. The van der Waals surface area contributed by atoms with Gasteiger partial charge in [0.2, 0.25) is 5.56 Å². The predicted octanol–water partition coefficient (Wildman–Crippen LogP) is 1.84. The molecule has 16 heavy (non-hydrogen) atoms. The Bertz CT molecular complexity index is 558. The highest BCUT2D eigenvalue weighted by Gasteiger charge is 2.03. The van der Waals surface area contributed by atoms with Crippen molar-refractivity contribution in [2.75, 3.05) is 0 Å². The first-order valence-corrected chi connectivity index (χ1v) is 5.10. The molecule has 0 amide bonds. The molecule has 0 bridgehead atoms. The molecule has 1 aromatic carbocycles. The Morgan fingerprint density at radius 1 is 1.25 bits per heavy atom. The van der Waals surface area contributed by atoms with E-state index in [1.54, 1.807) is 12.3 Å². The summed E-state index contributed by atoms with van der Waals surface area (Å²) in [6.45, 7) is 2.01. The van der Waals surface area contributed by atoms with E-state index < -0.39 is 0 Å². The van der Waals surface area contributed by atoms with Gasteiger partial charge in [-0.2, -0.15) is 0 Å². The number of aromatic nitrogens is 1. The fourth-order valence-corrected chi connectivity index (χ4v) is 1.76. The van der Waals surface area contributed by atoms with E-state index in [4.69, 9.17) is 5.11 Å². The summed E-state index contributed by atoms with van der Waals surface area (Å²) in [5.74, 6) is 0. The summed E-state index contributed by atoms with van der Waals surface area (Å²) in [5.41, 5.74) is 3.74. The lowest BCUT2D eigenvalue weighted by Crippen LogP contribution is -2.02. The average molecular weight is 215 g/mol. The Labute approximate surface area is 93.4 Å². The molecule has 2 N–H and O–H groups in total. The van der Waals surface area contributed by atoms with Crippen molar-refractivity contribution in [3.8, 4) is 11.1 Å². The summed E-state index contributed by atoms with van der Waals surface area (Å²) < 4.78 is 0. The number of nitrogens with one attached hydrogen (secondary N) is 1. The van der Waals surface area contributed by atoms with Crippen molar-refractivity contribution in [1.29, 1.82) is 0 Å². The van der Waals surface area contributed by atoms with Crippen LogP contribution in [0.25, 0.3) is 11.1 Å². The lowest BCUT2D eigenvalue weighted by atomic mass is 9.99. The first-order chi connectivity index (χ1) is 7.70. The van der Waals surface area contributed by atoms with E-state index in [1.807, 2.05) is 31.2 Å². The zero-order valence-electron chi connectivity index (χ0n) is 9.03. The molecule has 1 aromatic heterocycles. The molecule has 0 saturated carbocycles. The highest BCUT2D eigenvalue weighted by Crippen LogP contribution is 2.22. The second kappa shape index (κ2) is 4.33. The van der Waals surface area contributed by atoms with Gasteiger partial charge in [-0.3, -0.25) is 4.79 Å². The fraction of sp³-hybridized carbons (Fsp3) is 0.154. The molecule has 82 valence electrons. The molecular formula is C13H13NO2. The normalized spacial score (nSPS) is 10.4. The van der Waals surface area contributed by atoms with Crippen molar-refractivity contribution >= 4 is 0 Å². The molecule has 3 nitrogen and oxygen atoms in total. The number of hydrogen-bond acceptors (Lipinski definition) is 2. The third-order valence-electron chi connectivity index (χ3n) is 2.56. The molecule has 0 aliphatic carbocycles. The number of aryl methyl sites for hydroxylation is 1. The molecule has 3 heteroatoms. The lowest BCUT2D eigenvalue weighted by Gasteiger charge is -2.07. The first-order valence-electron chi connectivity index (χ1n) is 5.10. The Morgan fingerprint density at radius 2 is 2.06 bits per heavy atom. The van der Waals surface area contributed by atoms with Crippen LogP contribution in [0.15, 0.2) is 41.3 Å². The SMILES string of the molecule is Cc1cc(CO)ccc1-c1cc[nH]c(=O)c1.